The molecule has 3 rings (SSSR count). The second-order valence-corrected chi connectivity index (χ2v) is 13.6. The van der Waals surface area contributed by atoms with E-state index in [0.717, 1.165) is 19.3 Å². The normalized spacial score (nSPS) is 15.2. The fourth-order valence-electron chi connectivity index (χ4n) is 5.98. The van der Waals surface area contributed by atoms with Crippen molar-refractivity contribution in [2.24, 2.45) is 11.8 Å². The third kappa shape index (κ3) is 14.0. The summed E-state index contributed by atoms with van der Waals surface area (Å²) >= 11 is 0. The average molecular weight is 740 g/mol. The minimum absolute atomic E-state index is 0.0322. The maximum atomic E-state index is 13.9. The van der Waals surface area contributed by atoms with E-state index in [1.54, 1.807) is 25.1 Å². The molecule has 1 aliphatic carbocycles. The van der Waals surface area contributed by atoms with E-state index in [-0.39, 0.29) is 31.3 Å². The number of halogens is 1. The van der Waals surface area contributed by atoms with Crippen molar-refractivity contribution in [2.45, 2.75) is 96.3 Å². The summed E-state index contributed by atoms with van der Waals surface area (Å²) < 4.78 is 19.0. The Morgan fingerprint density at radius 3 is 2.08 bits per heavy atom. The van der Waals surface area contributed by atoms with Gasteiger partial charge in [0.2, 0.25) is 23.5 Å². The van der Waals surface area contributed by atoms with E-state index in [2.05, 4.69) is 26.6 Å². The van der Waals surface area contributed by atoms with Crippen molar-refractivity contribution in [3.63, 3.8) is 0 Å². The van der Waals surface area contributed by atoms with Crippen LogP contribution in [0.1, 0.15) is 82.9 Å². The summed E-state index contributed by atoms with van der Waals surface area (Å²) in [5.41, 5.74) is 0.790. The van der Waals surface area contributed by atoms with Crippen LogP contribution in [0.15, 0.2) is 54.6 Å². The van der Waals surface area contributed by atoms with E-state index in [9.17, 15) is 43.1 Å². The topological polar surface area (TPSA) is 209 Å². The van der Waals surface area contributed by atoms with E-state index in [1.165, 1.54) is 36.4 Å². The van der Waals surface area contributed by atoms with Gasteiger partial charge in [-0.15, -0.1) is 0 Å². The fraction of sp³-hybridized carbons (Fsp3) is 0.500. The SMILES string of the molecule is CCCC(NC(=O)[C@H](Cc1ccc(F)cc1)NC(=O)[C@@H](NC(=O)OCC(C)C)C1CCCCC1)C(=O)C(=O)NCC(=O)N[C@H](C(=O)O)c1ccccc1. The lowest BCUT2D eigenvalue weighted by molar-refractivity contribution is -0.142. The number of ketones is 1. The van der Waals surface area contributed by atoms with Crippen LogP contribution in [0.4, 0.5) is 9.18 Å². The number of ether oxygens (including phenoxy) is 1. The second-order valence-electron chi connectivity index (χ2n) is 13.6. The highest BCUT2D eigenvalue weighted by atomic mass is 19.1. The summed E-state index contributed by atoms with van der Waals surface area (Å²) in [5.74, 6) is -6.56. The molecule has 288 valence electrons. The number of carbonyl (C=O) groups is 7. The van der Waals surface area contributed by atoms with Gasteiger partial charge < -0.3 is 36.4 Å². The zero-order chi connectivity index (χ0) is 38.9. The number of amides is 5. The van der Waals surface area contributed by atoms with Gasteiger partial charge in [0.05, 0.1) is 19.2 Å². The van der Waals surface area contributed by atoms with Gasteiger partial charge in [0, 0.05) is 6.42 Å². The molecule has 0 saturated heterocycles. The Balaban J connectivity index is 1.75. The smallest absolute Gasteiger partial charge is 0.407 e. The molecule has 1 fully saturated rings. The van der Waals surface area contributed by atoms with Gasteiger partial charge in [-0.3, -0.25) is 24.0 Å². The zero-order valence-corrected chi connectivity index (χ0v) is 30.3. The Kier molecular flexibility index (Phi) is 16.9. The molecular formula is C38H50FN5O9. The van der Waals surface area contributed by atoms with Gasteiger partial charge in [-0.2, -0.15) is 0 Å². The van der Waals surface area contributed by atoms with Crippen molar-refractivity contribution >= 4 is 41.5 Å². The average Bonchev–Trinajstić information content (AvgIpc) is 3.14. The molecule has 4 atom stereocenters. The molecule has 6 N–H and O–H groups in total. The first-order valence-electron chi connectivity index (χ1n) is 18.0. The Morgan fingerprint density at radius 2 is 1.47 bits per heavy atom. The number of hydrogen-bond donors (Lipinski definition) is 6. The molecule has 53 heavy (non-hydrogen) atoms. The van der Waals surface area contributed by atoms with E-state index < -0.39 is 78.0 Å². The Labute approximate surface area is 308 Å². The fourth-order valence-corrected chi connectivity index (χ4v) is 5.98. The first-order valence-corrected chi connectivity index (χ1v) is 18.0. The maximum Gasteiger partial charge on any atom is 0.407 e. The van der Waals surface area contributed by atoms with Crippen molar-refractivity contribution in [1.82, 2.24) is 26.6 Å². The predicted octanol–water partition coefficient (Wildman–Crippen LogP) is 3.10. The quantitative estimate of drug-likeness (QED) is 0.117. The molecule has 2 aromatic carbocycles. The van der Waals surface area contributed by atoms with Crippen molar-refractivity contribution < 1.29 is 47.8 Å². The third-order valence-electron chi connectivity index (χ3n) is 8.74. The number of nitrogens with one attached hydrogen (secondary N) is 5. The van der Waals surface area contributed by atoms with Crippen LogP contribution >= 0.6 is 0 Å². The van der Waals surface area contributed by atoms with Crippen molar-refractivity contribution in [1.29, 1.82) is 0 Å². The number of hydrogen-bond acceptors (Lipinski definition) is 8. The molecule has 1 aliphatic rings. The number of alkyl carbamates (subject to hydrolysis) is 1. The highest BCUT2D eigenvalue weighted by molar-refractivity contribution is 6.38. The number of benzene rings is 2. The third-order valence-corrected chi connectivity index (χ3v) is 8.74. The minimum Gasteiger partial charge on any atom is -0.479 e. The molecule has 15 heteroatoms. The predicted molar refractivity (Wildman–Crippen MR) is 192 cm³/mol. The van der Waals surface area contributed by atoms with Crippen LogP contribution in [0.3, 0.4) is 0 Å². The second kappa shape index (κ2) is 21.2. The molecule has 0 spiro atoms. The van der Waals surface area contributed by atoms with Crippen LogP contribution in [0.25, 0.3) is 0 Å². The highest BCUT2D eigenvalue weighted by Gasteiger charge is 2.35. The number of carbonyl (C=O) groups excluding carboxylic acids is 6. The van der Waals surface area contributed by atoms with Crippen LogP contribution in [-0.4, -0.2) is 77.9 Å². The molecule has 1 saturated carbocycles. The Bertz CT molecular complexity index is 1570. The Morgan fingerprint density at radius 1 is 0.830 bits per heavy atom. The summed E-state index contributed by atoms with van der Waals surface area (Å²) in [6.07, 6.45) is 3.55. The standard InChI is InChI=1S/C38H50FN5O9/c1-4-11-28(33(46)36(49)40-21-30(45)43-32(37(50)51)26-14-9-6-10-15-26)41-34(47)29(20-24-16-18-27(39)19-17-24)42-35(48)31(25-12-7-5-8-13-25)44-38(52)53-22-23(2)3/h6,9-10,14-19,23,25,28-29,31-32H,4-5,7-8,11-13,20-22H2,1-3H3,(H,40,49)(H,41,47)(H,42,48)(H,43,45)(H,44,52)(H,50,51)/t28?,29-,31-,32-/m0/s1. The summed E-state index contributed by atoms with van der Waals surface area (Å²) in [4.78, 5) is 90.9. The van der Waals surface area contributed by atoms with E-state index in [1.807, 2.05) is 13.8 Å². The van der Waals surface area contributed by atoms with Crippen molar-refractivity contribution in [2.75, 3.05) is 13.2 Å². The molecule has 14 nitrogen and oxygen atoms in total. The lowest BCUT2D eigenvalue weighted by Crippen LogP contribution is -2.59. The molecular weight excluding hydrogens is 689 g/mol. The van der Waals surface area contributed by atoms with Crippen LogP contribution < -0.4 is 26.6 Å². The lowest BCUT2D eigenvalue weighted by atomic mass is 9.83. The molecule has 1 unspecified atom stereocenters. The molecule has 0 heterocycles. The summed E-state index contributed by atoms with van der Waals surface area (Å²) in [6, 6.07) is 8.14. The highest BCUT2D eigenvalue weighted by Crippen LogP contribution is 2.27. The molecule has 0 radical (unpaired) electrons. The van der Waals surface area contributed by atoms with Gasteiger partial charge >= 0.3 is 12.1 Å². The molecule has 0 aromatic heterocycles. The monoisotopic (exact) mass is 739 g/mol. The summed E-state index contributed by atoms with van der Waals surface area (Å²) in [6.45, 7) is 4.90. The number of Topliss-reactive ketones (excluding diaryl/α,β-unsaturated/α-hetero) is 1. The maximum absolute atomic E-state index is 13.9. The first kappa shape index (κ1) is 42.1. The van der Waals surface area contributed by atoms with Crippen molar-refractivity contribution in [3.8, 4) is 0 Å². The van der Waals surface area contributed by atoms with Crippen LogP contribution in [0, 0.1) is 17.7 Å². The van der Waals surface area contributed by atoms with E-state index >= 15 is 0 Å². The largest absolute Gasteiger partial charge is 0.479 e. The molecule has 0 bridgehead atoms. The number of carboxylic acids is 1. The number of aliphatic carboxylic acids is 1. The zero-order valence-electron chi connectivity index (χ0n) is 30.3. The van der Waals surface area contributed by atoms with E-state index in [0.29, 0.717) is 30.4 Å². The van der Waals surface area contributed by atoms with E-state index in [4.69, 9.17) is 4.74 Å². The van der Waals surface area contributed by atoms with Crippen molar-refractivity contribution in [3.05, 3.63) is 71.5 Å². The number of rotatable bonds is 19. The Hall–Kier alpha value is -5.34. The summed E-state index contributed by atoms with van der Waals surface area (Å²) in [5, 5.41) is 22.0. The van der Waals surface area contributed by atoms with Gasteiger partial charge in [0.25, 0.3) is 5.91 Å². The molecule has 2 aromatic rings. The number of carboxylic acid groups (broad SMARTS) is 1. The summed E-state index contributed by atoms with van der Waals surface area (Å²) in [7, 11) is 0. The van der Waals surface area contributed by atoms with Crippen LogP contribution in [0.2, 0.25) is 0 Å². The van der Waals surface area contributed by atoms with Gasteiger partial charge in [0.1, 0.15) is 17.9 Å². The van der Waals surface area contributed by atoms with Gasteiger partial charge in [-0.25, -0.2) is 14.0 Å². The van der Waals surface area contributed by atoms with Gasteiger partial charge in [-0.1, -0.05) is 88.9 Å². The molecule has 0 aliphatic heterocycles. The lowest BCUT2D eigenvalue weighted by Gasteiger charge is -2.31. The first-order chi connectivity index (χ1) is 25.3. The van der Waals surface area contributed by atoms with Crippen LogP contribution in [-0.2, 0) is 39.9 Å². The van der Waals surface area contributed by atoms with Crippen LogP contribution in [0.5, 0.6) is 0 Å². The van der Waals surface area contributed by atoms with Gasteiger partial charge in [0.15, 0.2) is 6.04 Å². The minimum atomic E-state index is -1.39. The van der Waals surface area contributed by atoms with Gasteiger partial charge in [-0.05, 0) is 54.4 Å². The molecule has 5 amide bonds.